The molecule has 158 valence electrons. The molecule has 2 aromatic rings. The number of anilines is 1. The largest absolute Gasteiger partial charge is 0.378 e. The standard InChI is InChI=1S/C23H25N2.ClHO4/c1-24(2)21-14-10-19(11-15-21)23(18-8-6-5-7-9-18)20-12-16-22(17-13-20)25(3)4;2-1(3,4)5/h5-17H,1-4H3;(H,2,3,4,5)/q+1;/p-1. The molecule has 2 aromatic carbocycles. The minimum absolute atomic E-state index is 1.21. The van der Waals surface area contributed by atoms with Crippen LogP contribution in [0, 0.1) is 10.2 Å². The molecule has 1 aliphatic rings. The van der Waals surface area contributed by atoms with Gasteiger partial charge in [-0.3, -0.25) is 0 Å². The van der Waals surface area contributed by atoms with E-state index >= 15 is 0 Å². The number of allylic oxidation sites excluding steroid dienone is 5. The molecule has 0 radical (unpaired) electrons. The third-order valence-corrected chi connectivity index (χ3v) is 4.41. The molecule has 0 saturated heterocycles. The molecular weight excluding hydrogens is 404 g/mol. The van der Waals surface area contributed by atoms with E-state index in [-0.39, 0.29) is 0 Å². The van der Waals surface area contributed by atoms with Gasteiger partial charge in [-0.25, -0.2) is 23.2 Å². The summed E-state index contributed by atoms with van der Waals surface area (Å²) in [7, 11) is 3.32. The molecule has 6 nitrogen and oxygen atoms in total. The van der Waals surface area contributed by atoms with Gasteiger partial charge in [0.05, 0.1) is 0 Å². The summed E-state index contributed by atoms with van der Waals surface area (Å²) in [6, 6.07) is 19.4. The lowest BCUT2D eigenvalue weighted by Crippen LogP contribution is -2.68. The third-order valence-electron chi connectivity index (χ3n) is 4.41. The van der Waals surface area contributed by atoms with Gasteiger partial charge >= 0.3 is 0 Å². The van der Waals surface area contributed by atoms with Gasteiger partial charge < -0.3 is 4.90 Å². The van der Waals surface area contributed by atoms with Crippen LogP contribution < -0.4 is 23.5 Å². The first-order valence-electron chi connectivity index (χ1n) is 9.16. The molecule has 0 aromatic heterocycles. The molecule has 0 amide bonds. The van der Waals surface area contributed by atoms with Crippen LogP contribution in [0.4, 0.5) is 5.69 Å². The van der Waals surface area contributed by atoms with E-state index in [4.69, 9.17) is 18.6 Å². The molecular formula is C23H25ClN2O4. The normalized spacial score (nSPS) is 12.9. The van der Waals surface area contributed by atoms with Gasteiger partial charge in [-0.2, -0.15) is 0 Å². The SMILES string of the molecule is CN(C)c1ccc(C(=C2C=CC(=[N+](C)C)C=C2)c2ccccc2)cc1.[O-][Cl+3]([O-])([O-])[O-]. The van der Waals surface area contributed by atoms with Crippen molar-refractivity contribution in [1.82, 2.24) is 0 Å². The molecule has 0 heterocycles. The van der Waals surface area contributed by atoms with Gasteiger partial charge in [0.15, 0.2) is 5.71 Å². The second kappa shape index (κ2) is 10.3. The van der Waals surface area contributed by atoms with Crippen LogP contribution in [0.3, 0.4) is 0 Å². The van der Waals surface area contributed by atoms with Crippen LogP contribution in [-0.2, 0) is 0 Å². The lowest BCUT2D eigenvalue weighted by Gasteiger charge is -2.17. The first kappa shape index (κ1) is 23.5. The Morgan fingerprint density at radius 1 is 0.733 bits per heavy atom. The molecule has 0 spiro atoms. The number of rotatable bonds is 3. The summed E-state index contributed by atoms with van der Waals surface area (Å²) in [5.74, 6) is 0. The van der Waals surface area contributed by atoms with E-state index in [1.807, 2.05) is 0 Å². The Bertz CT molecular complexity index is 943. The first-order valence-corrected chi connectivity index (χ1v) is 10.4. The Morgan fingerprint density at radius 3 is 1.63 bits per heavy atom. The summed E-state index contributed by atoms with van der Waals surface area (Å²) in [4.78, 5) is 2.12. The number of nitrogens with zero attached hydrogens (tertiary/aromatic N) is 2. The smallest absolute Gasteiger partial charge is 0.199 e. The van der Waals surface area contributed by atoms with Crippen molar-refractivity contribution in [2.45, 2.75) is 0 Å². The molecule has 0 bridgehead atoms. The highest BCUT2D eigenvalue weighted by molar-refractivity contribution is 6.03. The van der Waals surface area contributed by atoms with E-state index in [2.05, 4.69) is 117 Å². The molecule has 0 atom stereocenters. The van der Waals surface area contributed by atoms with E-state index in [1.165, 1.54) is 33.7 Å². The van der Waals surface area contributed by atoms with Crippen molar-refractivity contribution in [2.24, 2.45) is 0 Å². The maximum absolute atomic E-state index is 8.49. The Kier molecular flexibility index (Phi) is 8.11. The summed E-state index contributed by atoms with van der Waals surface area (Å²) in [6.07, 6.45) is 8.76. The number of hydrogen-bond donors (Lipinski definition) is 0. The fourth-order valence-electron chi connectivity index (χ4n) is 2.96. The molecule has 0 unspecified atom stereocenters. The summed E-state index contributed by atoms with van der Waals surface area (Å²) in [5.41, 5.74) is 7.37. The van der Waals surface area contributed by atoms with Crippen LogP contribution in [0.15, 0.2) is 84.5 Å². The number of hydrogen-bond acceptors (Lipinski definition) is 5. The Morgan fingerprint density at radius 2 is 1.20 bits per heavy atom. The molecule has 7 heteroatoms. The third kappa shape index (κ3) is 7.26. The van der Waals surface area contributed by atoms with Crippen LogP contribution >= 0.6 is 0 Å². The van der Waals surface area contributed by atoms with Crippen molar-refractivity contribution in [3.05, 3.63) is 95.6 Å². The van der Waals surface area contributed by atoms with Crippen LogP contribution in [0.2, 0.25) is 0 Å². The average molecular weight is 429 g/mol. The first-order chi connectivity index (χ1) is 14.1. The van der Waals surface area contributed by atoms with Gasteiger partial charge in [0.1, 0.15) is 14.1 Å². The monoisotopic (exact) mass is 428 g/mol. The Balaban J connectivity index is 0.000000575. The lowest BCUT2D eigenvalue weighted by atomic mass is 9.90. The van der Waals surface area contributed by atoms with Crippen molar-refractivity contribution >= 4 is 17.0 Å². The number of benzene rings is 2. The molecule has 0 saturated carbocycles. The molecule has 1 aliphatic carbocycles. The lowest BCUT2D eigenvalue weighted by molar-refractivity contribution is -2.00. The van der Waals surface area contributed by atoms with E-state index in [0.29, 0.717) is 0 Å². The minimum Gasteiger partial charge on any atom is -0.378 e. The fraction of sp³-hybridized carbons (Fsp3) is 0.174. The van der Waals surface area contributed by atoms with E-state index in [9.17, 15) is 0 Å². The van der Waals surface area contributed by atoms with Crippen molar-refractivity contribution in [2.75, 3.05) is 33.1 Å². The van der Waals surface area contributed by atoms with Gasteiger partial charge in [-0.1, -0.05) is 42.5 Å². The van der Waals surface area contributed by atoms with Crippen LogP contribution in [-0.4, -0.2) is 38.5 Å². The quantitative estimate of drug-likeness (QED) is 0.621. The molecule has 0 aliphatic heterocycles. The molecule has 0 N–H and O–H groups in total. The average Bonchev–Trinajstić information content (AvgIpc) is 2.68. The second-order valence-corrected chi connectivity index (χ2v) is 7.76. The summed E-state index contributed by atoms with van der Waals surface area (Å²) in [5, 5.41) is 0. The van der Waals surface area contributed by atoms with Crippen molar-refractivity contribution in [3.8, 4) is 0 Å². The molecule has 30 heavy (non-hydrogen) atoms. The Hall–Kier alpha value is -2.74. The van der Waals surface area contributed by atoms with Crippen molar-refractivity contribution < 1.29 is 33.5 Å². The van der Waals surface area contributed by atoms with Gasteiger partial charge in [0.2, 0.25) is 0 Å². The predicted octanol–water partition coefficient (Wildman–Crippen LogP) is -0.362. The van der Waals surface area contributed by atoms with Crippen molar-refractivity contribution in [1.29, 1.82) is 0 Å². The summed E-state index contributed by atoms with van der Waals surface area (Å²) in [6.45, 7) is 0. The minimum atomic E-state index is -4.94. The topological polar surface area (TPSA) is 98.5 Å². The fourth-order valence-corrected chi connectivity index (χ4v) is 2.96. The zero-order chi connectivity index (χ0) is 22.3. The van der Waals surface area contributed by atoms with Gasteiger partial charge in [-0.05, 0) is 46.6 Å². The second-order valence-electron chi connectivity index (χ2n) is 7.00. The zero-order valence-corrected chi connectivity index (χ0v) is 18.2. The van der Waals surface area contributed by atoms with Crippen molar-refractivity contribution in [3.63, 3.8) is 0 Å². The van der Waals surface area contributed by atoms with E-state index in [1.54, 1.807) is 0 Å². The number of halogens is 1. The van der Waals surface area contributed by atoms with Gasteiger partial charge in [0, 0.05) is 31.9 Å². The molecule has 3 rings (SSSR count). The van der Waals surface area contributed by atoms with Crippen LogP contribution in [0.25, 0.3) is 5.57 Å². The van der Waals surface area contributed by atoms with Crippen LogP contribution in [0.1, 0.15) is 11.1 Å². The van der Waals surface area contributed by atoms with Gasteiger partial charge in [0.25, 0.3) is 0 Å². The summed E-state index contributed by atoms with van der Waals surface area (Å²) >= 11 is 0. The van der Waals surface area contributed by atoms with E-state index < -0.39 is 10.2 Å². The zero-order valence-electron chi connectivity index (χ0n) is 17.4. The highest BCUT2D eigenvalue weighted by Gasteiger charge is 2.13. The predicted molar refractivity (Wildman–Crippen MR) is 109 cm³/mol. The molecule has 0 fully saturated rings. The van der Waals surface area contributed by atoms with Gasteiger partial charge in [-0.15, -0.1) is 10.2 Å². The Labute approximate surface area is 179 Å². The highest BCUT2D eigenvalue weighted by Crippen LogP contribution is 2.30. The maximum atomic E-state index is 8.49. The highest BCUT2D eigenvalue weighted by atomic mass is 35.7. The van der Waals surface area contributed by atoms with E-state index in [0.717, 1.165) is 0 Å². The van der Waals surface area contributed by atoms with Crippen LogP contribution in [0.5, 0.6) is 0 Å². The summed E-state index contributed by atoms with van der Waals surface area (Å²) < 4.78 is 36.1. The maximum Gasteiger partial charge on any atom is 0.199 e.